The van der Waals surface area contributed by atoms with E-state index in [1.807, 2.05) is 6.08 Å². The lowest BCUT2D eigenvalue weighted by Gasteiger charge is -2.27. The van der Waals surface area contributed by atoms with Gasteiger partial charge in [-0.05, 0) is 51.5 Å². The standard InChI is InChI=1S/C14H22O/c1-10(2)6-5-7-14-11(3)8-13(15)9-12(14)4/h6,8,12,14H,5,7,9H2,1-4H3/t12-,14-/m0/s1. The lowest BCUT2D eigenvalue weighted by molar-refractivity contribution is -0.116. The van der Waals surface area contributed by atoms with E-state index in [4.69, 9.17) is 0 Å². The van der Waals surface area contributed by atoms with Crippen LogP contribution in [0.15, 0.2) is 23.3 Å². The van der Waals surface area contributed by atoms with Gasteiger partial charge in [-0.3, -0.25) is 4.79 Å². The van der Waals surface area contributed by atoms with Gasteiger partial charge >= 0.3 is 0 Å². The van der Waals surface area contributed by atoms with E-state index < -0.39 is 0 Å². The maximum atomic E-state index is 11.3. The van der Waals surface area contributed by atoms with Crippen LogP contribution in [0, 0.1) is 11.8 Å². The minimum atomic E-state index is 0.304. The van der Waals surface area contributed by atoms with E-state index in [2.05, 4.69) is 33.8 Å². The smallest absolute Gasteiger partial charge is 0.155 e. The van der Waals surface area contributed by atoms with Gasteiger partial charge in [-0.15, -0.1) is 0 Å². The lowest BCUT2D eigenvalue weighted by atomic mass is 9.77. The van der Waals surface area contributed by atoms with Crippen molar-refractivity contribution in [2.75, 3.05) is 0 Å². The number of carbonyl (C=O) groups excluding carboxylic acids is 1. The van der Waals surface area contributed by atoms with Gasteiger partial charge in [0.25, 0.3) is 0 Å². The predicted octanol–water partition coefficient (Wildman–Crippen LogP) is 3.90. The molecule has 2 atom stereocenters. The van der Waals surface area contributed by atoms with Crippen molar-refractivity contribution in [2.24, 2.45) is 11.8 Å². The van der Waals surface area contributed by atoms with Gasteiger partial charge in [-0.2, -0.15) is 0 Å². The van der Waals surface area contributed by atoms with Crippen molar-refractivity contribution >= 4 is 5.78 Å². The summed E-state index contributed by atoms with van der Waals surface area (Å²) in [5, 5.41) is 0. The van der Waals surface area contributed by atoms with Crippen molar-refractivity contribution in [1.29, 1.82) is 0 Å². The van der Waals surface area contributed by atoms with E-state index in [1.165, 1.54) is 17.6 Å². The van der Waals surface area contributed by atoms with Crippen molar-refractivity contribution in [3.8, 4) is 0 Å². The molecular weight excluding hydrogens is 184 g/mol. The molecule has 0 aliphatic heterocycles. The minimum absolute atomic E-state index is 0.304. The Hall–Kier alpha value is -0.850. The first-order valence-electron chi connectivity index (χ1n) is 5.85. The SMILES string of the molecule is CC(C)=CCC[C@H]1C(C)=CC(=O)C[C@@H]1C. The molecule has 0 radical (unpaired) electrons. The number of ketones is 1. The molecule has 0 amide bonds. The van der Waals surface area contributed by atoms with E-state index >= 15 is 0 Å². The zero-order chi connectivity index (χ0) is 11.4. The Bertz CT molecular complexity index is 292. The fourth-order valence-electron chi connectivity index (χ4n) is 2.39. The Kier molecular flexibility index (Phi) is 4.31. The maximum absolute atomic E-state index is 11.3. The van der Waals surface area contributed by atoms with Gasteiger partial charge in [-0.25, -0.2) is 0 Å². The topological polar surface area (TPSA) is 17.1 Å². The summed E-state index contributed by atoms with van der Waals surface area (Å²) in [4.78, 5) is 11.3. The highest BCUT2D eigenvalue weighted by molar-refractivity contribution is 5.91. The largest absolute Gasteiger partial charge is 0.295 e. The van der Waals surface area contributed by atoms with Gasteiger partial charge in [0.1, 0.15) is 0 Å². The third-order valence-electron chi connectivity index (χ3n) is 3.21. The third kappa shape index (κ3) is 3.65. The zero-order valence-corrected chi connectivity index (χ0v) is 10.3. The van der Waals surface area contributed by atoms with Gasteiger partial charge in [0.05, 0.1) is 0 Å². The van der Waals surface area contributed by atoms with Gasteiger partial charge in [0, 0.05) is 6.42 Å². The van der Waals surface area contributed by atoms with Gasteiger partial charge in [0.15, 0.2) is 5.78 Å². The molecule has 0 saturated heterocycles. The predicted molar refractivity (Wildman–Crippen MR) is 64.7 cm³/mol. The molecule has 1 aliphatic carbocycles. The molecule has 1 heteroatoms. The Labute approximate surface area is 93.3 Å². The van der Waals surface area contributed by atoms with Gasteiger partial charge in [-0.1, -0.05) is 24.1 Å². The lowest BCUT2D eigenvalue weighted by Crippen LogP contribution is -2.21. The molecule has 0 N–H and O–H groups in total. The molecule has 0 unspecified atom stereocenters. The first-order chi connectivity index (χ1) is 7.00. The van der Waals surface area contributed by atoms with Crippen molar-refractivity contribution in [3.63, 3.8) is 0 Å². The van der Waals surface area contributed by atoms with Crippen LogP contribution in [-0.4, -0.2) is 5.78 Å². The van der Waals surface area contributed by atoms with Crippen LogP contribution in [0.5, 0.6) is 0 Å². The zero-order valence-electron chi connectivity index (χ0n) is 10.3. The minimum Gasteiger partial charge on any atom is -0.295 e. The second-order valence-corrected chi connectivity index (χ2v) is 5.00. The highest BCUT2D eigenvalue weighted by Gasteiger charge is 2.24. The Morgan fingerprint density at radius 2 is 2.20 bits per heavy atom. The molecule has 0 aromatic heterocycles. The molecule has 84 valence electrons. The van der Waals surface area contributed by atoms with E-state index in [1.54, 1.807) is 0 Å². The summed E-state index contributed by atoms with van der Waals surface area (Å²) in [7, 11) is 0. The number of rotatable bonds is 3. The summed E-state index contributed by atoms with van der Waals surface area (Å²) in [5.74, 6) is 1.44. The molecule has 0 heterocycles. The molecule has 0 saturated carbocycles. The summed E-state index contributed by atoms with van der Waals surface area (Å²) < 4.78 is 0. The van der Waals surface area contributed by atoms with Crippen LogP contribution in [0.3, 0.4) is 0 Å². The summed E-state index contributed by atoms with van der Waals surface area (Å²) in [6, 6.07) is 0. The average molecular weight is 206 g/mol. The summed E-state index contributed by atoms with van der Waals surface area (Å²) in [6.07, 6.45) is 7.18. The first kappa shape index (κ1) is 12.2. The molecule has 0 bridgehead atoms. The molecule has 15 heavy (non-hydrogen) atoms. The Morgan fingerprint density at radius 1 is 1.53 bits per heavy atom. The highest BCUT2D eigenvalue weighted by atomic mass is 16.1. The normalized spacial score (nSPS) is 26.1. The van der Waals surface area contributed by atoms with E-state index in [0.29, 0.717) is 17.6 Å². The average Bonchev–Trinajstić information content (AvgIpc) is 2.08. The van der Waals surface area contributed by atoms with Crippen LogP contribution in [0.1, 0.15) is 47.0 Å². The van der Waals surface area contributed by atoms with Crippen LogP contribution in [0.25, 0.3) is 0 Å². The molecule has 0 spiro atoms. The summed E-state index contributed by atoms with van der Waals surface area (Å²) in [6.45, 7) is 8.56. The Morgan fingerprint density at radius 3 is 2.73 bits per heavy atom. The fourth-order valence-corrected chi connectivity index (χ4v) is 2.39. The maximum Gasteiger partial charge on any atom is 0.155 e. The van der Waals surface area contributed by atoms with Crippen molar-refractivity contribution < 1.29 is 4.79 Å². The molecular formula is C14H22O. The number of hydrogen-bond donors (Lipinski definition) is 0. The van der Waals surface area contributed by atoms with Crippen LogP contribution >= 0.6 is 0 Å². The van der Waals surface area contributed by atoms with Crippen molar-refractivity contribution in [2.45, 2.75) is 47.0 Å². The summed E-state index contributed by atoms with van der Waals surface area (Å²) >= 11 is 0. The molecule has 1 nitrogen and oxygen atoms in total. The van der Waals surface area contributed by atoms with E-state index in [0.717, 1.165) is 12.8 Å². The quantitative estimate of drug-likeness (QED) is 0.640. The van der Waals surface area contributed by atoms with Crippen LogP contribution in [0.2, 0.25) is 0 Å². The monoisotopic (exact) mass is 206 g/mol. The van der Waals surface area contributed by atoms with Crippen LogP contribution in [-0.2, 0) is 4.79 Å². The highest BCUT2D eigenvalue weighted by Crippen LogP contribution is 2.32. The van der Waals surface area contributed by atoms with E-state index in [-0.39, 0.29) is 0 Å². The second kappa shape index (κ2) is 5.29. The van der Waals surface area contributed by atoms with E-state index in [9.17, 15) is 4.79 Å². The number of carbonyl (C=O) groups is 1. The number of allylic oxidation sites excluding steroid dienone is 4. The first-order valence-corrected chi connectivity index (χ1v) is 5.85. The molecule has 0 fully saturated rings. The second-order valence-electron chi connectivity index (χ2n) is 5.00. The van der Waals surface area contributed by atoms with Crippen LogP contribution in [0.4, 0.5) is 0 Å². The van der Waals surface area contributed by atoms with Gasteiger partial charge in [0.2, 0.25) is 0 Å². The number of hydrogen-bond acceptors (Lipinski definition) is 1. The van der Waals surface area contributed by atoms with Gasteiger partial charge < -0.3 is 0 Å². The van der Waals surface area contributed by atoms with Crippen molar-refractivity contribution in [1.82, 2.24) is 0 Å². The summed E-state index contributed by atoms with van der Waals surface area (Å²) in [5.41, 5.74) is 2.66. The molecule has 1 aliphatic rings. The molecule has 0 aromatic carbocycles. The third-order valence-corrected chi connectivity index (χ3v) is 3.21. The fraction of sp³-hybridized carbons (Fsp3) is 0.643. The van der Waals surface area contributed by atoms with Crippen LogP contribution < -0.4 is 0 Å². The van der Waals surface area contributed by atoms with Crippen molar-refractivity contribution in [3.05, 3.63) is 23.3 Å². The Balaban J connectivity index is 2.57. The molecule has 1 rings (SSSR count). The molecule has 0 aromatic rings.